The largest absolute Gasteiger partial charge is 0.478 e. The Hall–Kier alpha value is -1.81. The Morgan fingerprint density at radius 1 is 1.38 bits per heavy atom. The van der Waals surface area contributed by atoms with Crippen LogP contribution in [0.25, 0.3) is 11.0 Å². The predicted molar refractivity (Wildman–Crippen MR) is 81.5 cm³/mol. The summed E-state index contributed by atoms with van der Waals surface area (Å²) in [5.74, 6) is -0.401. The molecule has 1 saturated carbocycles. The second-order valence-electron chi connectivity index (χ2n) is 6.06. The molecule has 1 heterocycles. The highest BCUT2D eigenvalue weighted by atomic mass is 16.4. The van der Waals surface area contributed by atoms with Gasteiger partial charge < -0.3 is 14.8 Å². The van der Waals surface area contributed by atoms with Crippen LogP contribution in [0.5, 0.6) is 0 Å². The van der Waals surface area contributed by atoms with E-state index >= 15 is 0 Å². The lowest BCUT2D eigenvalue weighted by Gasteiger charge is -2.14. The van der Waals surface area contributed by atoms with E-state index in [0.717, 1.165) is 6.54 Å². The van der Waals surface area contributed by atoms with Gasteiger partial charge in [-0.1, -0.05) is 31.5 Å². The maximum Gasteiger partial charge on any atom is 0.339 e. The van der Waals surface area contributed by atoms with Crippen LogP contribution in [-0.2, 0) is 6.54 Å². The van der Waals surface area contributed by atoms with Gasteiger partial charge in [0.25, 0.3) is 0 Å². The Morgan fingerprint density at radius 2 is 2.14 bits per heavy atom. The molecule has 0 saturated heterocycles. The molecule has 4 heteroatoms. The first-order valence-corrected chi connectivity index (χ1v) is 7.60. The van der Waals surface area contributed by atoms with Crippen molar-refractivity contribution in [3.8, 4) is 0 Å². The molecule has 0 spiro atoms. The summed E-state index contributed by atoms with van der Waals surface area (Å²) in [6.07, 6.45) is 5.00. The summed E-state index contributed by atoms with van der Waals surface area (Å²) >= 11 is 0. The predicted octanol–water partition coefficient (Wildman–Crippen LogP) is 3.80. The monoisotopic (exact) mass is 287 g/mol. The van der Waals surface area contributed by atoms with Gasteiger partial charge >= 0.3 is 5.97 Å². The quantitative estimate of drug-likeness (QED) is 0.813. The van der Waals surface area contributed by atoms with E-state index in [9.17, 15) is 9.90 Å². The minimum absolute atomic E-state index is 0.290. The SMILES string of the molecule is CCCC1(CNCc2oc3ccccc3c2C(=O)O)CC1. The van der Waals surface area contributed by atoms with Gasteiger partial charge in [-0.3, -0.25) is 0 Å². The number of benzene rings is 1. The molecule has 1 aromatic carbocycles. The number of carboxylic acids is 1. The minimum Gasteiger partial charge on any atom is -0.478 e. The molecule has 1 aliphatic carbocycles. The van der Waals surface area contributed by atoms with Crippen molar-refractivity contribution in [2.75, 3.05) is 6.54 Å². The molecular weight excluding hydrogens is 266 g/mol. The van der Waals surface area contributed by atoms with E-state index in [4.69, 9.17) is 4.42 Å². The third-order valence-corrected chi connectivity index (χ3v) is 4.41. The van der Waals surface area contributed by atoms with Crippen LogP contribution in [0.2, 0.25) is 0 Å². The molecule has 1 aliphatic rings. The molecule has 0 amide bonds. The lowest BCUT2D eigenvalue weighted by Crippen LogP contribution is -2.24. The molecule has 21 heavy (non-hydrogen) atoms. The second kappa shape index (κ2) is 5.53. The highest BCUT2D eigenvalue weighted by molar-refractivity contribution is 6.03. The van der Waals surface area contributed by atoms with Crippen LogP contribution >= 0.6 is 0 Å². The highest BCUT2D eigenvalue weighted by Crippen LogP contribution is 2.49. The molecule has 0 atom stereocenters. The molecule has 112 valence electrons. The number of aromatic carboxylic acids is 1. The number of carbonyl (C=O) groups is 1. The van der Waals surface area contributed by atoms with E-state index in [2.05, 4.69) is 12.2 Å². The standard InChI is InChI=1S/C17H21NO3/c1-2-7-17(8-9-17)11-18-10-14-15(16(19)20)12-5-3-4-6-13(12)21-14/h3-6,18H,2,7-11H2,1H3,(H,19,20). The lowest BCUT2D eigenvalue weighted by atomic mass is 10.0. The molecule has 0 unspecified atom stereocenters. The summed E-state index contributed by atoms with van der Waals surface area (Å²) in [5.41, 5.74) is 1.38. The zero-order valence-electron chi connectivity index (χ0n) is 12.3. The van der Waals surface area contributed by atoms with Crippen LogP contribution in [0.4, 0.5) is 0 Å². The fraction of sp³-hybridized carbons (Fsp3) is 0.471. The van der Waals surface area contributed by atoms with Gasteiger partial charge in [0.15, 0.2) is 0 Å². The van der Waals surface area contributed by atoms with Crippen LogP contribution in [0.15, 0.2) is 28.7 Å². The fourth-order valence-electron chi connectivity index (χ4n) is 3.12. The van der Waals surface area contributed by atoms with Crippen LogP contribution in [0, 0.1) is 5.41 Å². The van der Waals surface area contributed by atoms with Crippen LogP contribution in [0.1, 0.15) is 48.7 Å². The van der Waals surface area contributed by atoms with Gasteiger partial charge in [0.2, 0.25) is 0 Å². The van der Waals surface area contributed by atoms with Crippen LogP contribution < -0.4 is 5.32 Å². The van der Waals surface area contributed by atoms with E-state index in [-0.39, 0.29) is 0 Å². The smallest absolute Gasteiger partial charge is 0.339 e. The maximum atomic E-state index is 11.5. The summed E-state index contributed by atoms with van der Waals surface area (Å²) < 4.78 is 5.71. The molecule has 0 aliphatic heterocycles. The van der Waals surface area contributed by atoms with Crippen molar-refractivity contribution >= 4 is 16.9 Å². The van der Waals surface area contributed by atoms with Crippen molar-refractivity contribution in [1.82, 2.24) is 5.32 Å². The molecular formula is C17H21NO3. The third-order valence-electron chi connectivity index (χ3n) is 4.41. The number of rotatable bonds is 7. The van der Waals surface area contributed by atoms with Gasteiger partial charge in [-0.15, -0.1) is 0 Å². The van der Waals surface area contributed by atoms with Crippen molar-refractivity contribution in [1.29, 1.82) is 0 Å². The van der Waals surface area contributed by atoms with E-state index in [1.165, 1.54) is 25.7 Å². The van der Waals surface area contributed by atoms with Crippen molar-refractivity contribution in [2.45, 2.75) is 39.2 Å². The Morgan fingerprint density at radius 3 is 2.81 bits per heavy atom. The Bertz CT molecular complexity index is 655. The maximum absolute atomic E-state index is 11.5. The Labute approximate surface area is 124 Å². The van der Waals surface area contributed by atoms with Crippen LogP contribution in [-0.4, -0.2) is 17.6 Å². The molecule has 4 nitrogen and oxygen atoms in total. The molecule has 0 bridgehead atoms. The Kier molecular flexibility index (Phi) is 3.72. The van der Waals surface area contributed by atoms with Gasteiger partial charge in [0, 0.05) is 11.9 Å². The molecule has 2 N–H and O–H groups in total. The number of para-hydroxylation sites is 1. The molecule has 1 aromatic heterocycles. The van der Waals surface area contributed by atoms with Gasteiger partial charge in [-0.25, -0.2) is 4.79 Å². The Balaban J connectivity index is 1.74. The van der Waals surface area contributed by atoms with Gasteiger partial charge in [-0.2, -0.15) is 0 Å². The van der Waals surface area contributed by atoms with Crippen molar-refractivity contribution < 1.29 is 14.3 Å². The zero-order valence-corrected chi connectivity index (χ0v) is 12.3. The van der Waals surface area contributed by atoms with Gasteiger partial charge in [0.1, 0.15) is 16.9 Å². The first-order valence-electron chi connectivity index (χ1n) is 7.60. The molecule has 2 aromatic rings. The van der Waals surface area contributed by atoms with Crippen molar-refractivity contribution in [3.63, 3.8) is 0 Å². The number of hydrogen-bond donors (Lipinski definition) is 2. The van der Waals surface area contributed by atoms with Crippen molar-refractivity contribution in [3.05, 3.63) is 35.6 Å². The van der Waals surface area contributed by atoms with Gasteiger partial charge in [0.05, 0.1) is 6.54 Å². The number of carboxylic acid groups (broad SMARTS) is 1. The summed E-state index contributed by atoms with van der Waals surface area (Å²) in [6.45, 7) is 3.63. The van der Waals surface area contributed by atoms with Crippen LogP contribution in [0.3, 0.4) is 0 Å². The summed E-state index contributed by atoms with van der Waals surface area (Å²) in [4.78, 5) is 11.5. The normalized spacial score (nSPS) is 16.2. The zero-order chi connectivity index (χ0) is 14.9. The second-order valence-corrected chi connectivity index (χ2v) is 6.06. The summed E-state index contributed by atoms with van der Waals surface area (Å²) in [7, 11) is 0. The number of fused-ring (bicyclic) bond motifs is 1. The molecule has 0 radical (unpaired) electrons. The number of hydrogen-bond acceptors (Lipinski definition) is 3. The topological polar surface area (TPSA) is 62.5 Å². The first kappa shape index (κ1) is 14.1. The number of nitrogens with one attached hydrogen (secondary N) is 1. The first-order chi connectivity index (χ1) is 10.2. The van der Waals surface area contributed by atoms with E-state index < -0.39 is 5.97 Å². The molecule has 3 rings (SSSR count). The van der Waals surface area contributed by atoms with E-state index in [0.29, 0.717) is 34.3 Å². The average Bonchev–Trinajstić information content (AvgIpc) is 3.11. The van der Waals surface area contributed by atoms with Crippen molar-refractivity contribution in [2.24, 2.45) is 5.41 Å². The van der Waals surface area contributed by atoms with E-state index in [1.54, 1.807) is 6.07 Å². The third kappa shape index (κ3) is 2.81. The van der Waals surface area contributed by atoms with Gasteiger partial charge in [-0.05, 0) is 30.7 Å². The summed E-state index contributed by atoms with van der Waals surface area (Å²) in [6, 6.07) is 7.30. The average molecular weight is 287 g/mol. The number of furan rings is 1. The fourth-order valence-corrected chi connectivity index (χ4v) is 3.12. The highest BCUT2D eigenvalue weighted by Gasteiger charge is 2.40. The minimum atomic E-state index is -0.925. The lowest BCUT2D eigenvalue weighted by molar-refractivity contribution is 0.0696. The summed E-state index contributed by atoms with van der Waals surface area (Å²) in [5, 5.41) is 13.5. The van der Waals surface area contributed by atoms with E-state index in [1.807, 2.05) is 18.2 Å². The molecule has 1 fully saturated rings.